The molecule has 0 amide bonds. The summed E-state index contributed by atoms with van der Waals surface area (Å²) in [6, 6.07) is 0. The molecular weight excluding hydrogens is 725 g/mol. The molecule has 0 spiro atoms. The van der Waals surface area contributed by atoms with Gasteiger partial charge < -0.3 is 20.1 Å². The zero-order valence-corrected chi connectivity index (χ0v) is 37.5. The van der Waals surface area contributed by atoms with E-state index in [0.717, 1.165) is 57.8 Å². The predicted octanol–water partition coefficient (Wildman–Crippen LogP) is 13.8. The summed E-state index contributed by atoms with van der Waals surface area (Å²) in [6.07, 6.45) is 45.6. The predicted molar refractivity (Wildman–Crippen MR) is 234 cm³/mol. The second-order valence-electron chi connectivity index (χ2n) is 16.0. The zero-order chi connectivity index (χ0) is 41.1. The lowest BCUT2D eigenvalue weighted by Gasteiger charge is -2.19. The van der Waals surface area contributed by atoms with E-state index in [1.165, 1.54) is 148 Å². The van der Waals surface area contributed by atoms with Crippen LogP contribution in [0.15, 0.2) is 12.2 Å². The third-order valence-corrected chi connectivity index (χ3v) is 11.4. The fourth-order valence-electron chi connectivity index (χ4n) is 6.87. The van der Waals surface area contributed by atoms with Crippen LogP contribution in [0.4, 0.5) is 0 Å². The Morgan fingerprint density at radius 3 is 1.34 bits per heavy atom. The van der Waals surface area contributed by atoms with Crippen molar-refractivity contribution in [3.05, 3.63) is 12.2 Å². The Balaban J connectivity index is 3.89. The normalized spacial score (nSPS) is 13.3. The third kappa shape index (κ3) is 42.4. The lowest BCUT2D eigenvalue weighted by atomic mass is 10.0. The van der Waals surface area contributed by atoms with Crippen molar-refractivity contribution in [2.24, 2.45) is 5.73 Å². The number of rotatable bonds is 45. The molecule has 0 rings (SSSR count). The van der Waals surface area contributed by atoms with E-state index in [0.29, 0.717) is 6.42 Å². The summed E-state index contributed by atoms with van der Waals surface area (Å²) in [7, 11) is -4.37. The summed E-state index contributed by atoms with van der Waals surface area (Å²) in [5, 5.41) is 0. The molecule has 10 heteroatoms. The van der Waals surface area contributed by atoms with Crippen molar-refractivity contribution in [3.63, 3.8) is 0 Å². The largest absolute Gasteiger partial charge is 0.472 e. The molecule has 56 heavy (non-hydrogen) atoms. The minimum atomic E-state index is -4.37. The van der Waals surface area contributed by atoms with Crippen molar-refractivity contribution in [1.29, 1.82) is 0 Å². The molecule has 0 saturated carbocycles. The van der Waals surface area contributed by atoms with Crippen LogP contribution in [0.3, 0.4) is 0 Å². The average molecular weight is 816 g/mol. The molecule has 0 aliphatic rings. The smallest absolute Gasteiger partial charge is 0.462 e. The van der Waals surface area contributed by atoms with Gasteiger partial charge in [0, 0.05) is 19.4 Å². The Morgan fingerprint density at radius 2 is 0.911 bits per heavy atom. The fraction of sp³-hybridized carbons (Fsp3) is 0.913. The van der Waals surface area contributed by atoms with Crippen molar-refractivity contribution in [2.45, 2.75) is 245 Å². The number of ether oxygens (including phenoxy) is 2. The number of phosphoric acid groups is 1. The Bertz CT molecular complexity index is 933. The van der Waals surface area contributed by atoms with E-state index in [1.54, 1.807) is 0 Å². The molecule has 0 heterocycles. The van der Waals surface area contributed by atoms with Gasteiger partial charge in [0.1, 0.15) is 6.61 Å². The molecule has 2 atom stereocenters. The highest BCUT2D eigenvalue weighted by Gasteiger charge is 2.26. The van der Waals surface area contributed by atoms with Crippen LogP contribution in [0.25, 0.3) is 0 Å². The Morgan fingerprint density at radius 1 is 0.518 bits per heavy atom. The Hall–Kier alpha value is -1.25. The van der Waals surface area contributed by atoms with Gasteiger partial charge in [-0.1, -0.05) is 206 Å². The van der Waals surface area contributed by atoms with Crippen LogP contribution in [-0.2, 0) is 32.7 Å². The molecule has 9 nitrogen and oxygen atoms in total. The van der Waals surface area contributed by atoms with Crippen LogP contribution in [0, 0.1) is 0 Å². The van der Waals surface area contributed by atoms with Crippen molar-refractivity contribution >= 4 is 19.8 Å². The van der Waals surface area contributed by atoms with Gasteiger partial charge in [-0.2, -0.15) is 0 Å². The maximum Gasteiger partial charge on any atom is 0.472 e. The first kappa shape index (κ1) is 54.8. The van der Waals surface area contributed by atoms with Gasteiger partial charge in [0.2, 0.25) is 0 Å². The number of esters is 2. The van der Waals surface area contributed by atoms with Crippen LogP contribution in [0.1, 0.15) is 239 Å². The van der Waals surface area contributed by atoms with Gasteiger partial charge in [-0.25, -0.2) is 4.57 Å². The van der Waals surface area contributed by atoms with E-state index < -0.39 is 26.5 Å². The summed E-state index contributed by atoms with van der Waals surface area (Å²) in [4.78, 5) is 34.8. The van der Waals surface area contributed by atoms with Crippen molar-refractivity contribution in [2.75, 3.05) is 26.4 Å². The molecule has 332 valence electrons. The molecular formula is C46H90NO8P. The molecule has 0 radical (unpaired) electrons. The number of carbonyl (C=O) groups is 2. The van der Waals surface area contributed by atoms with Gasteiger partial charge in [0.05, 0.1) is 13.2 Å². The maximum absolute atomic E-state index is 12.5. The van der Waals surface area contributed by atoms with Gasteiger partial charge >= 0.3 is 19.8 Å². The number of carbonyl (C=O) groups excluding carboxylic acids is 2. The van der Waals surface area contributed by atoms with Crippen LogP contribution in [0.5, 0.6) is 0 Å². The first-order valence-corrected chi connectivity index (χ1v) is 25.2. The number of nitrogens with two attached hydrogens (primary N) is 1. The van der Waals surface area contributed by atoms with Crippen molar-refractivity contribution < 1.29 is 37.6 Å². The van der Waals surface area contributed by atoms with Crippen molar-refractivity contribution in [1.82, 2.24) is 0 Å². The summed E-state index contributed by atoms with van der Waals surface area (Å²) in [5.74, 6) is -0.829. The lowest BCUT2D eigenvalue weighted by molar-refractivity contribution is -0.161. The Kier molecular flexibility index (Phi) is 42.4. The van der Waals surface area contributed by atoms with E-state index in [4.69, 9.17) is 24.3 Å². The zero-order valence-electron chi connectivity index (χ0n) is 36.6. The van der Waals surface area contributed by atoms with Gasteiger partial charge in [-0.05, 0) is 32.1 Å². The lowest BCUT2D eigenvalue weighted by Crippen LogP contribution is -2.29. The minimum Gasteiger partial charge on any atom is -0.462 e. The highest BCUT2D eigenvalue weighted by atomic mass is 31.2. The second kappa shape index (κ2) is 43.3. The highest BCUT2D eigenvalue weighted by molar-refractivity contribution is 7.47. The second-order valence-corrected chi connectivity index (χ2v) is 17.4. The molecule has 0 saturated heterocycles. The van der Waals surface area contributed by atoms with Crippen LogP contribution in [0.2, 0.25) is 0 Å². The molecule has 2 unspecified atom stereocenters. The first-order valence-electron chi connectivity index (χ1n) is 23.7. The topological polar surface area (TPSA) is 134 Å². The molecule has 3 N–H and O–H groups in total. The van der Waals surface area contributed by atoms with Gasteiger partial charge in [0.15, 0.2) is 6.10 Å². The van der Waals surface area contributed by atoms with E-state index in [1.807, 2.05) is 0 Å². The van der Waals surface area contributed by atoms with E-state index in [9.17, 15) is 19.0 Å². The first-order chi connectivity index (χ1) is 27.3. The molecule has 0 aromatic carbocycles. The summed E-state index contributed by atoms with van der Waals surface area (Å²) in [6.45, 7) is 3.69. The maximum atomic E-state index is 12.5. The summed E-state index contributed by atoms with van der Waals surface area (Å²) in [5.41, 5.74) is 5.34. The molecule has 0 aliphatic heterocycles. The van der Waals surface area contributed by atoms with Gasteiger partial charge in [0.25, 0.3) is 0 Å². The minimum absolute atomic E-state index is 0.0547. The summed E-state index contributed by atoms with van der Waals surface area (Å²) >= 11 is 0. The van der Waals surface area contributed by atoms with E-state index in [2.05, 4.69) is 26.0 Å². The highest BCUT2D eigenvalue weighted by Crippen LogP contribution is 2.43. The molecule has 0 aromatic heterocycles. The van der Waals surface area contributed by atoms with Crippen molar-refractivity contribution in [3.8, 4) is 0 Å². The van der Waals surface area contributed by atoms with Gasteiger partial charge in [-0.3, -0.25) is 18.6 Å². The number of phosphoric ester groups is 1. The number of allylic oxidation sites excluding steroid dienone is 2. The molecule has 0 bridgehead atoms. The number of hydrogen-bond acceptors (Lipinski definition) is 8. The SMILES string of the molecule is CCC/C=C\CCCCCCCC(=O)OC(COC(=O)CCCCCCCCCCCCCCCCCCCCCCCCCCC)COP(=O)(O)OCCN. The van der Waals surface area contributed by atoms with Gasteiger partial charge in [-0.15, -0.1) is 0 Å². The van der Waals surface area contributed by atoms with E-state index in [-0.39, 0.29) is 38.6 Å². The van der Waals surface area contributed by atoms with Crippen LogP contribution >= 0.6 is 7.82 Å². The quantitative estimate of drug-likeness (QED) is 0.0266. The number of unbranched alkanes of at least 4 members (excludes halogenated alkanes) is 30. The molecule has 0 aromatic rings. The monoisotopic (exact) mass is 816 g/mol. The average Bonchev–Trinajstić information content (AvgIpc) is 3.18. The standard InChI is InChI=1S/C46H90NO8P/c1-3-5-7-9-11-13-15-16-17-18-19-20-21-22-23-24-25-26-27-28-29-31-32-34-36-38-45(48)52-42-44(43-54-56(50,51)53-41-40-47)55-46(49)39-37-35-33-30-14-12-10-8-6-4-2/h8,10,44H,3-7,9,11-43,47H2,1-2H3,(H,50,51)/b10-8-. The number of hydrogen-bond donors (Lipinski definition) is 2. The summed E-state index contributed by atoms with van der Waals surface area (Å²) < 4.78 is 32.7. The van der Waals surface area contributed by atoms with E-state index >= 15 is 0 Å². The van der Waals surface area contributed by atoms with Crippen LogP contribution in [-0.4, -0.2) is 49.3 Å². The fourth-order valence-corrected chi connectivity index (χ4v) is 7.64. The van der Waals surface area contributed by atoms with Crippen LogP contribution < -0.4 is 5.73 Å². The molecule has 0 aliphatic carbocycles. The third-order valence-electron chi connectivity index (χ3n) is 10.4. The molecule has 0 fully saturated rings. The Labute approximate surface area is 345 Å².